The summed E-state index contributed by atoms with van der Waals surface area (Å²) >= 11 is 1.69. The number of hydrogen-bond donors (Lipinski definition) is 1. The van der Waals surface area contributed by atoms with Crippen LogP contribution in [-0.4, -0.2) is 34.2 Å². The molecule has 1 aliphatic heterocycles. The van der Waals surface area contributed by atoms with E-state index in [1.807, 2.05) is 18.2 Å². The zero-order chi connectivity index (χ0) is 13.1. The lowest BCUT2D eigenvalue weighted by Gasteiger charge is -2.29. The van der Waals surface area contributed by atoms with Gasteiger partial charge in [-0.15, -0.1) is 11.3 Å². The zero-order valence-corrected chi connectivity index (χ0v) is 11.6. The first-order chi connectivity index (χ1) is 9.31. The average Bonchev–Trinajstić information content (AvgIpc) is 2.88. The molecule has 1 N–H and O–H groups in total. The van der Waals surface area contributed by atoms with Gasteiger partial charge in [0.25, 0.3) is 0 Å². The molecule has 2 heterocycles. The first kappa shape index (κ1) is 12.8. The van der Waals surface area contributed by atoms with Gasteiger partial charge in [0.05, 0.1) is 11.8 Å². The number of piperidine rings is 1. The minimum atomic E-state index is -0.166. The lowest BCUT2D eigenvalue weighted by Crippen LogP contribution is -2.37. The van der Waals surface area contributed by atoms with Crippen LogP contribution < -0.4 is 0 Å². The van der Waals surface area contributed by atoms with Crippen LogP contribution in [0, 0.1) is 0 Å². The highest BCUT2D eigenvalue weighted by Crippen LogP contribution is 2.24. The van der Waals surface area contributed by atoms with Crippen LogP contribution >= 0.6 is 11.3 Å². The molecule has 1 saturated heterocycles. The lowest BCUT2D eigenvalue weighted by molar-refractivity contribution is 0.0663. The SMILES string of the molecule is OC1CCCN(Cc2csc(-c3ccccc3)n2)C1. The standard InChI is InChI=1S/C15H18N2OS/c18-14-7-4-8-17(10-14)9-13-11-19-15(16-13)12-5-2-1-3-6-12/h1-3,5-6,11,14,18H,4,7-10H2. The Morgan fingerprint density at radius 3 is 2.95 bits per heavy atom. The van der Waals surface area contributed by atoms with Crippen molar-refractivity contribution in [3.8, 4) is 10.6 Å². The van der Waals surface area contributed by atoms with Crippen LogP contribution in [0.4, 0.5) is 0 Å². The molecule has 1 fully saturated rings. The van der Waals surface area contributed by atoms with E-state index in [0.717, 1.165) is 43.2 Å². The number of likely N-dealkylation sites (tertiary alicyclic amines) is 1. The van der Waals surface area contributed by atoms with Gasteiger partial charge in [0.1, 0.15) is 5.01 Å². The number of thiazole rings is 1. The summed E-state index contributed by atoms with van der Waals surface area (Å²) in [5, 5.41) is 12.9. The average molecular weight is 274 g/mol. The number of aliphatic hydroxyl groups is 1. The van der Waals surface area contributed by atoms with Gasteiger partial charge in [-0.3, -0.25) is 4.90 Å². The van der Waals surface area contributed by atoms with Crippen LogP contribution in [-0.2, 0) is 6.54 Å². The molecule has 2 aromatic rings. The Morgan fingerprint density at radius 1 is 1.32 bits per heavy atom. The van der Waals surface area contributed by atoms with Gasteiger partial charge in [-0.25, -0.2) is 4.98 Å². The summed E-state index contributed by atoms with van der Waals surface area (Å²) in [6.45, 7) is 2.69. The molecule has 100 valence electrons. The van der Waals surface area contributed by atoms with Crippen molar-refractivity contribution in [3.05, 3.63) is 41.4 Å². The summed E-state index contributed by atoms with van der Waals surface area (Å²) in [6, 6.07) is 10.3. The van der Waals surface area contributed by atoms with Crippen LogP contribution in [0.25, 0.3) is 10.6 Å². The number of nitrogens with zero attached hydrogens (tertiary/aromatic N) is 2. The van der Waals surface area contributed by atoms with Crippen LogP contribution in [0.2, 0.25) is 0 Å². The summed E-state index contributed by atoms with van der Waals surface area (Å²) < 4.78 is 0. The zero-order valence-electron chi connectivity index (χ0n) is 10.8. The maximum absolute atomic E-state index is 9.68. The number of rotatable bonds is 3. The Labute approximate surface area is 117 Å². The van der Waals surface area contributed by atoms with Gasteiger partial charge in [-0.2, -0.15) is 0 Å². The van der Waals surface area contributed by atoms with Crippen LogP contribution in [0.3, 0.4) is 0 Å². The fourth-order valence-electron chi connectivity index (χ4n) is 2.50. The van der Waals surface area contributed by atoms with Gasteiger partial charge in [-0.1, -0.05) is 30.3 Å². The number of aliphatic hydroxyl groups excluding tert-OH is 1. The second kappa shape index (κ2) is 5.82. The molecule has 1 atom stereocenters. The molecule has 0 spiro atoms. The number of β-amino-alcohol motifs (C(OH)–C–C–N with tert-alkyl or cyclic N) is 1. The summed E-state index contributed by atoms with van der Waals surface area (Å²) in [5.41, 5.74) is 2.29. The molecule has 0 saturated carbocycles. The van der Waals surface area contributed by atoms with E-state index in [9.17, 15) is 5.11 Å². The van der Waals surface area contributed by atoms with E-state index < -0.39 is 0 Å². The fraction of sp³-hybridized carbons (Fsp3) is 0.400. The molecule has 1 aliphatic rings. The van der Waals surface area contributed by atoms with Crippen molar-refractivity contribution in [2.75, 3.05) is 13.1 Å². The van der Waals surface area contributed by atoms with Gasteiger partial charge in [0.2, 0.25) is 0 Å². The maximum atomic E-state index is 9.68. The molecule has 3 rings (SSSR count). The van der Waals surface area contributed by atoms with Gasteiger partial charge < -0.3 is 5.11 Å². The predicted molar refractivity (Wildman–Crippen MR) is 78.1 cm³/mol. The van der Waals surface area contributed by atoms with Crippen LogP contribution in [0.1, 0.15) is 18.5 Å². The summed E-state index contributed by atoms with van der Waals surface area (Å²) in [6.07, 6.45) is 1.85. The highest BCUT2D eigenvalue weighted by atomic mass is 32.1. The molecule has 1 unspecified atom stereocenters. The van der Waals surface area contributed by atoms with Gasteiger partial charge >= 0.3 is 0 Å². The second-order valence-corrected chi connectivity index (χ2v) is 5.90. The topological polar surface area (TPSA) is 36.4 Å². The smallest absolute Gasteiger partial charge is 0.123 e. The third kappa shape index (κ3) is 3.21. The normalized spacial score (nSPS) is 20.6. The molecule has 0 bridgehead atoms. The lowest BCUT2D eigenvalue weighted by atomic mass is 10.1. The molecule has 0 radical (unpaired) electrons. The van der Waals surface area contributed by atoms with Crippen LogP contribution in [0.15, 0.2) is 35.7 Å². The molecule has 1 aromatic heterocycles. The quantitative estimate of drug-likeness (QED) is 0.935. The van der Waals surface area contributed by atoms with Crippen molar-refractivity contribution >= 4 is 11.3 Å². The molecule has 4 heteroatoms. The number of hydrogen-bond acceptors (Lipinski definition) is 4. The van der Waals surface area contributed by atoms with Crippen molar-refractivity contribution in [1.82, 2.24) is 9.88 Å². The monoisotopic (exact) mass is 274 g/mol. The summed E-state index contributed by atoms with van der Waals surface area (Å²) in [4.78, 5) is 6.98. The van der Waals surface area contributed by atoms with Gasteiger partial charge in [-0.05, 0) is 19.4 Å². The number of benzene rings is 1. The fourth-order valence-corrected chi connectivity index (χ4v) is 3.31. The Morgan fingerprint density at radius 2 is 2.16 bits per heavy atom. The Bertz CT molecular complexity index is 526. The van der Waals surface area contributed by atoms with Crippen molar-refractivity contribution < 1.29 is 5.11 Å². The Kier molecular flexibility index (Phi) is 3.92. The largest absolute Gasteiger partial charge is 0.392 e. The van der Waals surface area contributed by atoms with E-state index in [2.05, 4.69) is 22.4 Å². The van der Waals surface area contributed by atoms with E-state index in [1.165, 1.54) is 5.56 Å². The maximum Gasteiger partial charge on any atom is 0.123 e. The van der Waals surface area contributed by atoms with Gasteiger partial charge in [0.15, 0.2) is 0 Å². The van der Waals surface area contributed by atoms with Crippen molar-refractivity contribution in [2.24, 2.45) is 0 Å². The minimum Gasteiger partial charge on any atom is -0.392 e. The highest BCUT2D eigenvalue weighted by Gasteiger charge is 2.18. The Hall–Kier alpha value is -1.23. The summed E-state index contributed by atoms with van der Waals surface area (Å²) in [5.74, 6) is 0. The van der Waals surface area contributed by atoms with Gasteiger partial charge in [0, 0.05) is 24.0 Å². The second-order valence-electron chi connectivity index (χ2n) is 5.04. The molecular formula is C15H18N2OS. The Balaban J connectivity index is 1.68. The molecule has 19 heavy (non-hydrogen) atoms. The number of aromatic nitrogens is 1. The predicted octanol–water partition coefficient (Wildman–Crippen LogP) is 2.77. The third-order valence-corrected chi connectivity index (χ3v) is 4.38. The summed E-state index contributed by atoms with van der Waals surface area (Å²) in [7, 11) is 0. The van der Waals surface area contributed by atoms with Crippen LogP contribution in [0.5, 0.6) is 0 Å². The van der Waals surface area contributed by atoms with Crippen molar-refractivity contribution in [1.29, 1.82) is 0 Å². The van der Waals surface area contributed by atoms with Crippen molar-refractivity contribution in [3.63, 3.8) is 0 Å². The van der Waals surface area contributed by atoms with E-state index in [-0.39, 0.29) is 6.10 Å². The van der Waals surface area contributed by atoms with E-state index >= 15 is 0 Å². The van der Waals surface area contributed by atoms with Crippen molar-refractivity contribution in [2.45, 2.75) is 25.5 Å². The first-order valence-electron chi connectivity index (χ1n) is 6.71. The first-order valence-corrected chi connectivity index (χ1v) is 7.59. The van der Waals surface area contributed by atoms with E-state index in [0.29, 0.717) is 0 Å². The molecule has 1 aromatic carbocycles. The third-order valence-electron chi connectivity index (χ3n) is 3.44. The molecule has 0 amide bonds. The highest BCUT2D eigenvalue weighted by molar-refractivity contribution is 7.13. The van der Waals surface area contributed by atoms with E-state index in [1.54, 1.807) is 11.3 Å². The molecule has 0 aliphatic carbocycles. The molecular weight excluding hydrogens is 256 g/mol. The van der Waals surface area contributed by atoms with E-state index in [4.69, 9.17) is 4.98 Å². The molecule has 3 nitrogen and oxygen atoms in total. The minimum absolute atomic E-state index is 0.166.